The zero-order valence-corrected chi connectivity index (χ0v) is 19.0. The summed E-state index contributed by atoms with van der Waals surface area (Å²) in [5.74, 6) is 0.325. The summed E-state index contributed by atoms with van der Waals surface area (Å²) in [7, 11) is 0. The highest BCUT2D eigenvalue weighted by molar-refractivity contribution is 5.77. The summed E-state index contributed by atoms with van der Waals surface area (Å²) in [6.45, 7) is 11.3. The fourth-order valence-corrected chi connectivity index (χ4v) is 3.33. The Labute approximate surface area is 183 Å². The van der Waals surface area contributed by atoms with Gasteiger partial charge in [-0.15, -0.1) is 0 Å². The Morgan fingerprint density at radius 3 is 2.23 bits per heavy atom. The lowest BCUT2D eigenvalue weighted by molar-refractivity contribution is 0.0174. The number of fused-ring (bicyclic) bond motifs is 1. The van der Waals surface area contributed by atoms with Crippen LogP contribution >= 0.6 is 0 Å². The Balaban J connectivity index is 1.80. The number of aromatic nitrogens is 2. The van der Waals surface area contributed by atoms with E-state index >= 15 is 0 Å². The summed E-state index contributed by atoms with van der Waals surface area (Å²) in [5, 5.41) is 0. The van der Waals surface area contributed by atoms with E-state index in [2.05, 4.69) is 32.3 Å². The van der Waals surface area contributed by atoms with Gasteiger partial charge < -0.3 is 14.0 Å². The summed E-state index contributed by atoms with van der Waals surface area (Å²) < 4.78 is 40.8. The van der Waals surface area contributed by atoms with Gasteiger partial charge in [-0.1, -0.05) is 27.7 Å². The first-order valence-corrected chi connectivity index (χ1v) is 10.9. The molecule has 0 spiro atoms. The predicted octanol–water partition coefficient (Wildman–Crippen LogP) is 6.81. The number of hydrogen-bond acceptors (Lipinski definition) is 3. The number of benzene rings is 2. The molecule has 0 fully saturated rings. The Morgan fingerprint density at radius 1 is 0.935 bits per heavy atom. The highest BCUT2D eigenvalue weighted by atomic mass is 19.3. The van der Waals surface area contributed by atoms with Gasteiger partial charge in [0.1, 0.15) is 23.9 Å². The fourth-order valence-electron chi connectivity index (χ4n) is 3.33. The van der Waals surface area contributed by atoms with E-state index in [0.29, 0.717) is 24.2 Å². The lowest BCUT2D eigenvalue weighted by Crippen LogP contribution is -2.11. The normalized spacial score (nSPS) is 12.2. The van der Waals surface area contributed by atoms with Crippen molar-refractivity contribution in [1.82, 2.24) is 9.55 Å². The fraction of sp³-hybridized carbons (Fsp3) is 0.480. The molecule has 31 heavy (non-hydrogen) atoms. The molecule has 0 radical (unpaired) electrons. The lowest BCUT2D eigenvalue weighted by Gasteiger charge is -2.14. The molecule has 0 saturated carbocycles. The van der Waals surface area contributed by atoms with Crippen molar-refractivity contribution < 1.29 is 18.3 Å². The van der Waals surface area contributed by atoms with Crippen molar-refractivity contribution in [3.63, 3.8) is 0 Å². The maximum atomic E-state index is 13.4. The number of rotatable bonds is 10. The number of ether oxygens (including phenoxy) is 2. The molecule has 0 unspecified atom stereocenters. The van der Waals surface area contributed by atoms with Crippen LogP contribution in [0.1, 0.15) is 52.4 Å². The molecule has 168 valence electrons. The minimum absolute atomic E-state index is 0.0307. The molecule has 0 aliphatic carbocycles. The highest BCUT2D eigenvalue weighted by Crippen LogP contribution is 2.29. The average molecular weight is 431 g/mol. The Hall–Kier alpha value is -2.63. The summed E-state index contributed by atoms with van der Waals surface area (Å²) in [6, 6.07) is 11.9. The van der Waals surface area contributed by atoms with Gasteiger partial charge in [0.05, 0.1) is 17.6 Å². The van der Waals surface area contributed by atoms with Crippen LogP contribution in [0.2, 0.25) is 0 Å². The van der Waals surface area contributed by atoms with Crippen LogP contribution in [0.5, 0.6) is 11.5 Å². The van der Waals surface area contributed by atoms with Gasteiger partial charge in [0.25, 0.3) is 5.92 Å². The van der Waals surface area contributed by atoms with Gasteiger partial charge in [0.2, 0.25) is 0 Å². The monoisotopic (exact) mass is 430 g/mol. The SMILES string of the molecule is CC(C)CCOc1ccc2nc(COc3ccc(C(C)(F)F)cc3)n(CC(C)C)c2c1. The molecule has 0 bridgehead atoms. The second-order valence-electron chi connectivity index (χ2n) is 8.92. The molecule has 4 nitrogen and oxygen atoms in total. The third-order valence-electron chi connectivity index (χ3n) is 5.04. The van der Waals surface area contributed by atoms with Crippen LogP contribution < -0.4 is 9.47 Å². The molecule has 0 amide bonds. The molecule has 0 aliphatic rings. The first-order chi connectivity index (χ1) is 14.6. The van der Waals surface area contributed by atoms with E-state index in [4.69, 9.17) is 14.5 Å². The number of nitrogens with zero attached hydrogens (tertiary/aromatic N) is 2. The van der Waals surface area contributed by atoms with Crippen LogP contribution in [-0.4, -0.2) is 16.2 Å². The van der Waals surface area contributed by atoms with Gasteiger partial charge in [-0.25, -0.2) is 13.8 Å². The van der Waals surface area contributed by atoms with Crippen molar-refractivity contribution in [3.8, 4) is 11.5 Å². The Kier molecular flexibility index (Phi) is 7.19. The van der Waals surface area contributed by atoms with E-state index in [-0.39, 0.29) is 12.2 Å². The zero-order chi connectivity index (χ0) is 22.6. The molecule has 3 rings (SSSR count). The minimum Gasteiger partial charge on any atom is -0.494 e. The third kappa shape index (κ3) is 6.18. The first kappa shape index (κ1) is 23.0. The van der Waals surface area contributed by atoms with E-state index < -0.39 is 5.92 Å². The van der Waals surface area contributed by atoms with Gasteiger partial charge in [0.15, 0.2) is 0 Å². The Bertz CT molecular complexity index is 989. The van der Waals surface area contributed by atoms with Crippen LogP contribution in [0.25, 0.3) is 11.0 Å². The highest BCUT2D eigenvalue weighted by Gasteiger charge is 2.23. The lowest BCUT2D eigenvalue weighted by atomic mass is 10.1. The molecule has 0 saturated heterocycles. The van der Waals surface area contributed by atoms with Gasteiger partial charge in [0, 0.05) is 25.1 Å². The molecule has 0 aliphatic heterocycles. The second-order valence-corrected chi connectivity index (χ2v) is 8.92. The van der Waals surface area contributed by atoms with Crippen molar-refractivity contribution in [2.24, 2.45) is 11.8 Å². The van der Waals surface area contributed by atoms with E-state index in [1.165, 1.54) is 12.1 Å². The van der Waals surface area contributed by atoms with E-state index in [1.807, 2.05) is 18.2 Å². The molecule has 1 aromatic heterocycles. The third-order valence-corrected chi connectivity index (χ3v) is 5.04. The summed E-state index contributed by atoms with van der Waals surface area (Å²) >= 11 is 0. The van der Waals surface area contributed by atoms with Crippen molar-refractivity contribution in [3.05, 3.63) is 53.9 Å². The van der Waals surface area contributed by atoms with Crippen LogP contribution in [0.4, 0.5) is 8.78 Å². The van der Waals surface area contributed by atoms with E-state index in [9.17, 15) is 8.78 Å². The molecular weight excluding hydrogens is 398 g/mol. The number of halogens is 2. The zero-order valence-electron chi connectivity index (χ0n) is 19.0. The number of imidazole rings is 1. The molecule has 2 aromatic carbocycles. The maximum absolute atomic E-state index is 13.4. The summed E-state index contributed by atoms with van der Waals surface area (Å²) in [6.07, 6.45) is 1.01. The molecule has 0 N–H and O–H groups in total. The molecule has 3 aromatic rings. The number of hydrogen-bond donors (Lipinski definition) is 0. The minimum atomic E-state index is -2.86. The van der Waals surface area contributed by atoms with Crippen molar-refractivity contribution >= 4 is 11.0 Å². The largest absolute Gasteiger partial charge is 0.494 e. The number of alkyl halides is 2. The molecular formula is C25H32F2N2O2. The van der Waals surface area contributed by atoms with Gasteiger partial charge in [-0.2, -0.15) is 0 Å². The maximum Gasteiger partial charge on any atom is 0.270 e. The second kappa shape index (κ2) is 9.67. The molecule has 0 atom stereocenters. The smallest absolute Gasteiger partial charge is 0.270 e. The average Bonchev–Trinajstić information content (AvgIpc) is 3.02. The quantitative estimate of drug-likeness (QED) is 0.355. The van der Waals surface area contributed by atoms with Crippen molar-refractivity contribution in [2.45, 2.75) is 60.1 Å². The summed E-state index contributed by atoms with van der Waals surface area (Å²) in [5.41, 5.74) is 1.86. The van der Waals surface area contributed by atoms with Gasteiger partial charge >= 0.3 is 0 Å². The van der Waals surface area contributed by atoms with Crippen LogP contribution in [0.3, 0.4) is 0 Å². The standard InChI is InChI=1S/C25H32F2N2O2/c1-17(2)12-13-30-21-10-11-22-23(14-21)29(15-18(3)4)24(28-22)16-31-20-8-6-19(7-9-20)25(5,26)27/h6-11,14,17-18H,12-13,15-16H2,1-5H3. The van der Waals surface area contributed by atoms with E-state index in [1.54, 1.807) is 12.1 Å². The van der Waals surface area contributed by atoms with Crippen molar-refractivity contribution in [1.29, 1.82) is 0 Å². The van der Waals surface area contributed by atoms with Crippen LogP contribution in [0, 0.1) is 11.8 Å². The summed E-state index contributed by atoms with van der Waals surface area (Å²) in [4.78, 5) is 4.75. The first-order valence-electron chi connectivity index (χ1n) is 10.9. The van der Waals surface area contributed by atoms with Crippen molar-refractivity contribution in [2.75, 3.05) is 6.61 Å². The van der Waals surface area contributed by atoms with E-state index in [0.717, 1.165) is 42.5 Å². The van der Waals surface area contributed by atoms with Gasteiger partial charge in [-0.3, -0.25) is 0 Å². The molecule has 6 heteroatoms. The van der Waals surface area contributed by atoms with Crippen LogP contribution in [0.15, 0.2) is 42.5 Å². The predicted molar refractivity (Wildman–Crippen MR) is 120 cm³/mol. The molecule has 1 heterocycles. The topological polar surface area (TPSA) is 36.3 Å². The van der Waals surface area contributed by atoms with Gasteiger partial charge in [-0.05, 0) is 54.7 Å². The van der Waals surface area contributed by atoms with Crippen LogP contribution in [-0.2, 0) is 19.1 Å². The Morgan fingerprint density at radius 2 is 1.61 bits per heavy atom.